The van der Waals surface area contributed by atoms with E-state index in [0.717, 1.165) is 4.47 Å². The molecule has 0 aliphatic carbocycles. The molecule has 0 radical (unpaired) electrons. The number of hydrazine groups is 1. The van der Waals surface area contributed by atoms with Crippen LogP contribution in [0.2, 0.25) is 0 Å². The highest BCUT2D eigenvalue weighted by Gasteiger charge is 2.05. The maximum atomic E-state index is 10.8. The van der Waals surface area contributed by atoms with Gasteiger partial charge in [-0.05, 0) is 28.1 Å². The van der Waals surface area contributed by atoms with E-state index in [2.05, 4.69) is 26.3 Å². The zero-order valence-electron chi connectivity index (χ0n) is 6.43. The number of oxazole rings is 1. The molecular formula is C7H6BrN3O2. The van der Waals surface area contributed by atoms with Crippen LogP contribution in [0.1, 0.15) is 0 Å². The van der Waals surface area contributed by atoms with Gasteiger partial charge in [-0.25, -0.2) is 4.79 Å². The number of hydrogen-bond acceptors (Lipinski definition) is 4. The van der Waals surface area contributed by atoms with Crippen LogP contribution >= 0.6 is 15.9 Å². The average Bonchev–Trinajstić information content (AvgIpc) is 2.42. The minimum absolute atomic E-state index is 0.476. The quantitative estimate of drug-likeness (QED) is 0.519. The predicted molar refractivity (Wildman–Crippen MR) is 52.3 cm³/mol. The van der Waals surface area contributed by atoms with Crippen molar-refractivity contribution in [1.82, 2.24) is 4.98 Å². The number of aromatic amines is 1. The van der Waals surface area contributed by atoms with E-state index in [-0.39, 0.29) is 0 Å². The molecule has 0 aliphatic rings. The first kappa shape index (κ1) is 8.33. The Morgan fingerprint density at radius 1 is 1.54 bits per heavy atom. The largest absolute Gasteiger partial charge is 0.417 e. The third kappa shape index (κ3) is 1.34. The molecule has 5 nitrogen and oxygen atoms in total. The van der Waals surface area contributed by atoms with Gasteiger partial charge in [-0.3, -0.25) is 10.8 Å². The topological polar surface area (TPSA) is 84.0 Å². The van der Waals surface area contributed by atoms with E-state index in [1.807, 2.05) is 0 Å². The molecule has 2 aromatic rings. The molecule has 6 heteroatoms. The van der Waals surface area contributed by atoms with Gasteiger partial charge in [-0.2, -0.15) is 0 Å². The van der Waals surface area contributed by atoms with Crippen LogP contribution < -0.4 is 17.0 Å². The Kier molecular flexibility index (Phi) is 1.86. The number of rotatable bonds is 1. The highest BCUT2D eigenvalue weighted by Crippen LogP contribution is 2.26. The summed E-state index contributed by atoms with van der Waals surface area (Å²) in [5.41, 5.74) is 4.28. The van der Waals surface area contributed by atoms with E-state index in [4.69, 9.17) is 10.3 Å². The second-order valence-electron chi connectivity index (χ2n) is 2.49. The molecule has 68 valence electrons. The summed E-state index contributed by atoms with van der Waals surface area (Å²) in [6.07, 6.45) is 0. The maximum absolute atomic E-state index is 10.8. The van der Waals surface area contributed by atoms with Gasteiger partial charge in [0.1, 0.15) is 0 Å². The van der Waals surface area contributed by atoms with E-state index < -0.39 is 5.76 Å². The third-order valence-electron chi connectivity index (χ3n) is 1.66. The second-order valence-corrected chi connectivity index (χ2v) is 3.34. The molecule has 1 aromatic heterocycles. The van der Waals surface area contributed by atoms with Crippen LogP contribution in [-0.4, -0.2) is 4.98 Å². The van der Waals surface area contributed by atoms with Crippen molar-refractivity contribution in [3.8, 4) is 0 Å². The number of nitrogens with two attached hydrogens (primary N) is 1. The van der Waals surface area contributed by atoms with Gasteiger partial charge in [0.15, 0.2) is 5.58 Å². The summed E-state index contributed by atoms with van der Waals surface area (Å²) < 4.78 is 5.58. The molecule has 0 fully saturated rings. The Bertz CT molecular complexity index is 502. The number of halogens is 1. The van der Waals surface area contributed by atoms with E-state index in [9.17, 15) is 4.79 Å². The third-order valence-corrected chi connectivity index (χ3v) is 2.32. The Balaban J connectivity index is 2.80. The number of nitrogen functional groups attached to an aromatic ring is 1. The Labute approximate surface area is 81.0 Å². The van der Waals surface area contributed by atoms with Crippen LogP contribution in [0.4, 0.5) is 5.69 Å². The zero-order chi connectivity index (χ0) is 9.42. The summed E-state index contributed by atoms with van der Waals surface area (Å²) in [4.78, 5) is 13.3. The van der Waals surface area contributed by atoms with Gasteiger partial charge in [-0.1, -0.05) is 0 Å². The standard InChI is InChI=1S/C7H6BrN3O2/c8-3-1-6-5(2-4(3)11-9)10-7(12)13-6/h1-2,11H,9H2,(H,10,12). The van der Waals surface area contributed by atoms with E-state index in [1.54, 1.807) is 12.1 Å². The molecule has 1 heterocycles. The van der Waals surface area contributed by atoms with E-state index in [1.165, 1.54) is 0 Å². The first-order valence-corrected chi connectivity index (χ1v) is 4.29. The number of aromatic nitrogens is 1. The lowest BCUT2D eigenvalue weighted by atomic mass is 10.3. The molecule has 0 amide bonds. The van der Waals surface area contributed by atoms with Crippen LogP contribution in [0.25, 0.3) is 11.1 Å². The number of hydrogen-bond donors (Lipinski definition) is 3. The molecule has 0 spiro atoms. The molecule has 2 rings (SSSR count). The van der Waals surface area contributed by atoms with Gasteiger partial charge in [0.05, 0.1) is 11.2 Å². The fourth-order valence-corrected chi connectivity index (χ4v) is 1.52. The normalized spacial score (nSPS) is 10.6. The van der Waals surface area contributed by atoms with Gasteiger partial charge < -0.3 is 9.84 Å². The summed E-state index contributed by atoms with van der Waals surface area (Å²) in [5.74, 6) is 4.77. The molecule has 1 aromatic carbocycles. The predicted octanol–water partition coefficient (Wildman–Crippen LogP) is 1.17. The molecular weight excluding hydrogens is 238 g/mol. The van der Waals surface area contributed by atoms with Crippen molar-refractivity contribution in [2.75, 3.05) is 5.43 Å². The molecule has 13 heavy (non-hydrogen) atoms. The Morgan fingerprint density at radius 2 is 2.31 bits per heavy atom. The molecule has 0 aliphatic heterocycles. The number of H-pyrrole nitrogens is 1. The maximum Gasteiger partial charge on any atom is 0.417 e. The molecule has 0 saturated heterocycles. The molecule has 0 unspecified atom stereocenters. The van der Waals surface area contributed by atoms with Crippen molar-refractivity contribution in [3.63, 3.8) is 0 Å². The van der Waals surface area contributed by atoms with Crippen LogP contribution in [0.15, 0.2) is 25.8 Å². The lowest BCUT2D eigenvalue weighted by Gasteiger charge is -2.01. The SMILES string of the molecule is NNc1cc2[nH]c(=O)oc2cc1Br. The highest BCUT2D eigenvalue weighted by atomic mass is 79.9. The van der Waals surface area contributed by atoms with E-state index >= 15 is 0 Å². The number of fused-ring (bicyclic) bond motifs is 1. The Hall–Kier alpha value is -1.27. The number of nitrogens with one attached hydrogen (secondary N) is 2. The zero-order valence-corrected chi connectivity index (χ0v) is 8.01. The summed E-state index contributed by atoms with van der Waals surface area (Å²) in [6, 6.07) is 3.35. The molecule has 0 bridgehead atoms. The molecule has 0 saturated carbocycles. The summed E-state index contributed by atoms with van der Waals surface area (Å²) >= 11 is 3.27. The second kappa shape index (κ2) is 2.90. The van der Waals surface area contributed by atoms with Gasteiger partial charge in [0, 0.05) is 4.47 Å². The van der Waals surface area contributed by atoms with Gasteiger partial charge >= 0.3 is 5.76 Å². The fourth-order valence-electron chi connectivity index (χ4n) is 1.08. The monoisotopic (exact) mass is 243 g/mol. The smallest absolute Gasteiger partial charge is 0.408 e. The fraction of sp³-hybridized carbons (Fsp3) is 0. The summed E-state index contributed by atoms with van der Waals surface area (Å²) in [7, 11) is 0. The highest BCUT2D eigenvalue weighted by molar-refractivity contribution is 9.10. The summed E-state index contributed by atoms with van der Waals surface area (Å²) in [5, 5.41) is 0. The van der Waals surface area contributed by atoms with Crippen molar-refractivity contribution in [2.24, 2.45) is 5.84 Å². The van der Waals surface area contributed by atoms with E-state index in [0.29, 0.717) is 16.8 Å². The van der Waals surface area contributed by atoms with Gasteiger partial charge in [0.25, 0.3) is 0 Å². The number of anilines is 1. The minimum Gasteiger partial charge on any atom is -0.408 e. The van der Waals surface area contributed by atoms with Crippen LogP contribution in [0.3, 0.4) is 0 Å². The van der Waals surface area contributed by atoms with Crippen molar-refractivity contribution in [2.45, 2.75) is 0 Å². The number of benzene rings is 1. The van der Waals surface area contributed by atoms with Crippen LogP contribution in [-0.2, 0) is 0 Å². The van der Waals surface area contributed by atoms with Crippen molar-refractivity contribution >= 4 is 32.7 Å². The van der Waals surface area contributed by atoms with Gasteiger partial charge in [0.2, 0.25) is 0 Å². The first-order valence-electron chi connectivity index (χ1n) is 3.49. The van der Waals surface area contributed by atoms with Gasteiger partial charge in [-0.15, -0.1) is 0 Å². The molecule has 0 atom stereocenters. The summed E-state index contributed by atoms with van der Waals surface area (Å²) in [6.45, 7) is 0. The lowest BCUT2D eigenvalue weighted by Crippen LogP contribution is -2.07. The van der Waals surface area contributed by atoms with Crippen molar-refractivity contribution in [3.05, 3.63) is 27.2 Å². The van der Waals surface area contributed by atoms with Crippen LogP contribution in [0.5, 0.6) is 0 Å². The average molecular weight is 244 g/mol. The first-order chi connectivity index (χ1) is 6.20. The lowest BCUT2D eigenvalue weighted by molar-refractivity contribution is 0.555. The van der Waals surface area contributed by atoms with Crippen molar-refractivity contribution < 1.29 is 4.42 Å². The minimum atomic E-state index is -0.476. The van der Waals surface area contributed by atoms with Crippen LogP contribution in [0, 0.1) is 0 Å². The van der Waals surface area contributed by atoms with Crippen molar-refractivity contribution in [1.29, 1.82) is 0 Å². The Morgan fingerprint density at radius 3 is 3.00 bits per heavy atom. The molecule has 4 N–H and O–H groups in total.